The Morgan fingerprint density at radius 1 is 0.346 bits per heavy atom. The van der Waals surface area contributed by atoms with Gasteiger partial charge in [0.25, 0.3) is 0 Å². The summed E-state index contributed by atoms with van der Waals surface area (Å²) >= 11 is 0. The molecule has 462 valence electrons. The second kappa shape index (κ2) is 53.1. The van der Waals surface area contributed by atoms with Gasteiger partial charge in [0.15, 0.2) is 12.2 Å². The van der Waals surface area contributed by atoms with E-state index in [1.54, 1.807) is 0 Å². The molecule has 0 aliphatic carbocycles. The number of rotatable bonds is 59. The number of hydrogen-bond acceptors (Lipinski definition) is 15. The molecular weight excluding hydrogens is 1040 g/mol. The van der Waals surface area contributed by atoms with Crippen LogP contribution in [0.3, 0.4) is 0 Å². The van der Waals surface area contributed by atoms with Gasteiger partial charge in [-0.2, -0.15) is 0 Å². The Bertz CT molecular complexity index is 1530. The fourth-order valence-electron chi connectivity index (χ4n) is 8.70. The molecule has 0 aromatic rings. The first-order valence-electron chi connectivity index (χ1n) is 31.1. The lowest BCUT2D eigenvalue weighted by molar-refractivity contribution is -0.161. The summed E-state index contributed by atoms with van der Waals surface area (Å²) < 4.78 is 67.5. The Balaban J connectivity index is 5.15. The zero-order valence-corrected chi connectivity index (χ0v) is 51.6. The minimum absolute atomic E-state index is 0.103. The van der Waals surface area contributed by atoms with E-state index in [9.17, 15) is 43.2 Å². The van der Waals surface area contributed by atoms with Crippen molar-refractivity contribution in [3.8, 4) is 0 Å². The molecule has 3 N–H and O–H groups in total. The summed E-state index contributed by atoms with van der Waals surface area (Å²) in [7, 11) is -9.86. The first-order valence-corrected chi connectivity index (χ1v) is 34.1. The maximum Gasteiger partial charge on any atom is 0.472 e. The third-order valence-electron chi connectivity index (χ3n) is 13.5. The highest BCUT2D eigenvalue weighted by molar-refractivity contribution is 7.47. The number of ether oxygens (including phenoxy) is 4. The molecule has 78 heavy (non-hydrogen) atoms. The normalized spacial score (nSPS) is 14.4. The summed E-state index contributed by atoms with van der Waals surface area (Å²) in [5.41, 5.74) is 0. The van der Waals surface area contributed by atoms with Gasteiger partial charge in [0.1, 0.15) is 19.3 Å². The monoisotopic (exact) mass is 1160 g/mol. The lowest BCUT2D eigenvalue weighted by Crippen LogP contribution is -2.30. The molecule has 5 atom stereocenters. The standard InChI is InChI=1S/C59H114O17P2/c1-6-9-12-15-17-18-21-25-29-33-38-43-57(62)70-49-55(76-59(64)45-40-35-30-26-23-20-19-22-24-28-32-36-41-52(4)5)51-74-78(67,68)72-47-53(60)46-71-77(65,66)73-50-54(48-69-56(61)42-37-31-14-11-8-3)75-58(63)44-39-34-27-16-13-10-7-2/h52-55,60H,6-51H2,1-5H3,(H,65,66)(H,67,68)/t53-,54+,55+/m0/s1. The molecule has 0 aliphatic heterocycles. The van der Waals surface area contributed by atoms with E-state index in [-0.39, 0.29) is 25.7 Å². The van der Waals surface area contributed by atoms with Crippen LogP contribution >= 0.6 is 15.6 Å². The van der Waals surface area contributed by atoms with Crippen molar-refractivity contribution in [3.63, 3.8) is 0 Å². The van der Waals surface area contributed by atoms with Crippen molar-refractivity contribution in [1.82, 2.24) is 0 Å². The average molecular weight is 1160 g/mol. The van der Waals surface area contributed by atoms with Gasteiger partial charge in [-0.15, -0.1) is 0 Å². The third-order valence-corrected chi connectivity index (χ3v) is 15.4. The van der Waals surface area contributed by atoms with E-state index in [1.165, 1.54) is 96.3 Å². The Morgan fingerprint density at radius 2 is 0.590 bits per heavy atom. The number of hydrogen-bond donors (Lipinski definition) is 3. The van der Waals surface area contributed by atoms with Crippen molar-refractivity contribution in [1.29, 1.82) is 0 Å². The average Bonchev–Trinajstić information content (AvgIpc) is 3.40. The van der Waals surface area contributed by atoms with Gasteiger partial charge in [-0.3, -0.25) is 37.3 Å². The van der Waals surface area contributed by atoms with E-state index in [1.807, 2.05) is 0 Å². The predicted molar refractivity (Wildman–Crippen MR) is 308 cm³/mol. The van der Waals surface area contributed by atoms with Gasteiger partial charge in [0.05, 0.1) is 26.4 Å². The molecule has 17 nitrogen and oxygen atoms in total. The largest absolute Gasteiger partial charge is 0.472 e. The van der Waals surface area contributed by atoms with Gasteiger partial charge in [-0.05, 0) is 31.6 Å². The molecule has 0 aromatic heterocycles. The summed E-state index contributed by atoms with van der Waals surface area (Å²) in [6.45, 7) is 7.03. The lowest BCUT2D eigenvalue weighted by Gasteiger charge is -2.21. The Hall–Kier alpha value is -1.94. The van der Waals surface area contributed by atoms with Crippen molar-refractivity contribution >= 4 is 39.5 Å². The second-order valence-corrected chi connectivity index (χ2v) is 24.8. The number of carbonyl (C=O) groups is 4. The van der Waals surface area contributed by atoms with Gasteiger partial charge in [-0.25, -0.2) is 9.13 Å². The summed E-state index contributed by atoms with van der Waals surface area (Å²) in [6.07, 6.45) is 35.3. The molecule has 0 bridgehead atoms. The van der Waals surface area contributed by atoms with Crippen LogP contribution in [-0.4, -0.2) is 96.7 Å². The number of aliphatic hydroxyl groups is 1. The van der Waals surface area contributed by atoms with Crippen molar-refractivity contribution in [2.75, 3.05) is 39.6 Å². The van der Waals surface area contributed by atoms with Crippen molar-refractivity contribution < 1.29 is 80.2 Å². The smallest absolute Gasteiger partial charge is 0.462 e. The van der Waals surface area contributed by atoms with E-state index in [0.717, 1.165) is 115 Å². The van der Waals surface area contributed by atoms with E-state index in [4.69, 9.17) is 37.0 Å². The van der Waals surface area contributed by atoms with Crippen molar-refractivity contribution in [2.24, 2.45) is 5.92 Å². The molecule has 0 saturated carbocycles. The van der Waals surface area contributed by atoms with Crippen LogP contribution in [0.4, 0.5) is 0 Å². The van der Waals surface area contributed by atoms with Gasteiger partial charge < -0.3 is 33.8 Å². The maximum absolute atomic E-state index is 12.9. The third kappa shape index (κ3) is 53.4. The zero-order valence-electron chi connectivity index (χ0n) is 49.8. The molecular formula is C59H114O17P2. The molecule has 0 rings (SSSR count). The fourth-order valence-corrected chi connectivity index (χ4v) is 10.3. The Labute approximate surface area is 473 Å². The molecule has 0 heterocycles. The summed E-state index contributed by atoms with van der Waals surface area (Å²) in [4.78, 5) is 71.6. The van der Waals surface area contributed by atoms with E-state index in [0.29, 0.717) is 25.7 Å². The summed E-state index contributed by atoms with van der Waals surface area (Å²) in [6, 6.07) is 0. The summed E-state index contributed by atoms with van der Waals surface area (Å²) in [5, 5.41) is 10.5. The highest BCUT2D eigenvalue weighted by Crippen LogP contribution is 2.45. The predicted octanol–water partition coefficient (Wildman–Crippen LogP) is 15.8. The molecule has 0 saturated heterocycles. The van der Waals surface area contributed by atoms with Gasteiger partial charge in [-0.1, -0.05) is 240 Å². The molecule has 19 heteroatoms. The van der Waals surface area contributed by atoms with Crippen molar-refractivity contribution in [3.05, 3.63) is 0 Å². The van der Waals surface area contributed by atoms with Gasteiger partial charge in [0.2, 0.25) is 0 Å². The number of phosphoric ester groups is 2. The van der Waals surface area contributed by atoms with Gasteiger partial charge in [0, 0.05) is 25.7 Å². The quantitative estimate of drug-likeness (QED) is 0.0222. The molecule has 0 radical (unpaired) electrons. The van der Waals surface area contributed by atoms with Crippen molar-refractivity contribution in [2.45, 2.75) is 310 Å². The van der Waals surface area contributed by atoms with Crippen LogP contribution in [0, 0.1) is 5.92 Å². The number of phosphoric acid groups is 2. The highest BCUT2D eigenvalue weighted by atomic mass is 31.2. The minimum Gasteiger partial charge on any atom is -0.462 e. The number of esters is 4. The molecule has 0 fully saturated rings. The van der Waals surface area contributed by atoms with Crippen LogP contribution in [0.15, 0.2) is 0 Å². The first kappa shape index (κ1) is 76.1. The molecule has 0 aromatic carbocycles. The second-order valence-electron chi connectivity index (χ2n) is 21.9. The lowest BCUT2D eigenvalue weighted by atomic mass is 10.0. The topological polar surface area (TPSA) is 237 Å². The molecule has 0 aliphatic rings. The first-order chi connectivity index (χ1) is 37.5. The molecule has 0 amide bonds. The van der Waals surface area contributed by atoms with Crippen LogP contribution in [0.2, 0.25) is 0 Å². The number of aliphatic hydroxyl groups excluding tert-OH is 1. The fraction of sp³-hybridized carbons (Fsp3) is 0.932. The van der Waals surface area contributed by atoms with Crippen LogP contribution < -0.4 is 0 Å². The highest BCUT2D eigenvalue weighted by Gasteiger charge is 2.30. The van der Waals surface area contributed by atoms with Crippen LogP contribution in [0.25, 0.3) is 0 Å². The van der Waals surface area contributed by atoms with E-state index < -0.39 is 97.5 Å². The van der Waals surface area contributed by atoms with Crippen LogP contribution in [0.5, 0.6) is 0 Å². The Morgan fingerprint density at radius 3 is 0.872 bits per heavy atom. The van der Waals surface area contributed by atoms with Gasteiger partial charge >= 0.3 is 39.5 Å². The van der Waals surface area contributed by atoms with Crippen LogP contribution in [-0.2, 0) is 65.4 Å². The SMILES string of the molecule is CCCCCCCCCCCCCC(=O)OC[C@H](COP(=O)(O)OC[C@@H](O)COP(=O)(O)OC[C@@H](COC(=O)CCCCCCC)OC(=O)CCCCCCCCC)OC(=O)CCCCCCCCCCCCCCC(C)C. The minimum atomic E-state index is -4.94. The van der Waals surface area contributed by atoms with E-state index in [2.05, 4.69) is 34.6 Å². The molecule has 2 unspecified atom stereocenters. The Kier molecular flexibility index (Phi) is 51.8. The zero-order chi connectivity index (χ0) is 57.8. The van der Waals surface area contributed by atoms with Crippen LogP contribution in [0.1, 0.15) is 291 Å². The molecule has 0 spiro atoms. The number of unbranched alkanes of at least 4 members (excludes halogenated alkanes) is 31. The van der Waals surface area contributed by atoms with E-state index >= 15 is 0 Å². The number of carbonyl (C=O) groups excluding carboxylic acids is 4. The maximum atomic E-state index is 12.9. The summed E-state index contributed by atoms with van der Waals surface area (Å²) in [5.74, 6) is -1.38.